The second-order valence-electron chi connectivity index (χ2n) is 7.61. The Morgan fingerprint density at radius 2 is 1.93 bits per heavy atom. The number of methoxy groups -OCH3 is 1. The van der Waals surface area contributed by atoms with Gasteiger partial charge in [-0.1, -0.05) is 26.0 Å². The summed E-state index contributed by atoms with van der Waals surface area (Å²) < 4.78 is 7.24. The largest absolute Gasteiger partial charge is 0.497 e. The Bertz CT molecular complexity index is 1130. The molecule has 3 heterocycles. The van der Waals surface area contributed by atoms with Gasteiger partial charge in [0.2, 0.25) is 0 Å². The van der Waals surface area contributed by atoms with Crippen LogP contribution in [0.2, 0.25) is 0 Å². The van der Waals surface area contributed by atoms with Crippen molar-refractivity contribution in [2.24, 2.45) is 5.92 Å². The summed E-state index contributed by atoms with van der Waals surface area (Å²) in [5, 5.41) is 7.82. The molecular formula is C23H25N5OS. The van der Waals surface area contributed by atoms with Crippen molar-refractivity contribution in [2.75, 3.05) is 12.8 Å². The summed E-state index contributed by atoms with van der Waals surface area (Å²) >= 11 is 1.57. The van der Waals surface area contributed by atoms with Gasteiger partial charge in [-0.15, -0.1) is 11.3 Å². The van der Waals surface area contributed by atoms with Crippen molar-refractivity contribution >= 4 is 17.2 Å². The highest BCUT2D eigenvalue weighted by Crippen LogP contribution is 2.33. The Kier molecular flexibility index (Phi) is 5.81. The molecule has 30 heavy (non-hydrogen) atoms. The van der Waals surface area contributed by atoms with Crippen LogP contribution in [0.5, 0.6) is 5.75 Å². The van der Waals surface area contributed by atoms with Gasteiger partial charge >= 0.3 is 0 Å². The fraction of sp³-hybridized carbons (Fsp3) is 0.261. The number of ether oxygens (including phenoxy) is 1. The molecular weight excluding hydrogens is 394 g/mol. The first kappa shape index (κ1) is 20.1. The predicted molar refractivity (Wildman–Crippen MR) is 122 cm³/mol. The van der Waals surface area contributed by atoms with Crippen molar-refractivity contribution in [2.45, 2.75) is 26.8 Å². The van der Waals surface area contributed by atoms with Gasteiger partial charge in [0, 0.05) is 23.3 Å². The Morgan fingerprint density at radius 1 is 1.13 bits per heavy atom. The maximum atomic E-state index is 6.04. The first-order valence-electron chi connectivity index (χ1n) is 9.89. The van der Waals surface area contributed by atoms with E-state index in [0.717, 1.165) is 39.7 Å². The van der Waals surface area contributed by atoms with Gasteiger partial charge in [0.25, 0.3) is 0 Å². The number of benzene rings is 1. The minimum atomic E-state index is 0.496. The number of hydrogen-bond acceptors (Lipinski definition) is 6. The monoisotopic (exact) mass is 419 g/mol. The fourth-order valence-corrected chi connectivity index (χ4v) is 4.18. The number of pyridine rings is 1. The molecule has 0 bridgehead atoms. The SMILES string of the molecule is COc1ccc(Cn2cc(-c3csc(-c4cccnc4N)n3)c(CC(C)C)n2)cc1. The van der Waals surface area contributed by atoms with Crippen LogP contribution in [-0.2, 0) is 13.0 Å². The van der Waals surface area contributed by atoms with Crippen molar-refractivity contribution in [1.29, 1.82) is 0 Å². The lowest BCUT2D eigenvalue weighted by Crippen LogP contribution is -2.02. The molecule has 3 aromatic heterocycles. The molecule has 1 aromatic carbocycles. The molecule has 4 aromatic rings. The number of anilines is 1. The summed E-state index contributed by atoms with van der Waals surface area (Å²) in [6, 6.07) is 11.9. The molecule has 0 radical (unpaired) electrons. The molecule has 6 nitrogen and oxygen atoms in total. The molecule has 7 heteroatoms. The van der Waals surface area contributed by atoms with Gasteiger partial charge in [-0.2, -0.15) is 5.10 Å². The Balaban J connectivity index is 1.66. The van der Waals surface area contributed by atoms with E-state index in [1.165, 1.54) is 5.56 Å². The second kappa shape index (κ2) is 8.67. The van der Waals surface area contributed by atoms with Gasteiger partial charge in [-0.25, -0.2) is 9.97 Å². The Hall–Kier alpha value is -3.19. The summed E-state index contributed by atoms with van der Waals surface area (Å²) in [6.07, 6.45) is 4.68. The topological polar surface area (TPSA) is 78.9 Å². The van der Waals surface area contributed by atoms with Crippen molar-refractivity contribution in [1.82, 2.24) is 19.7 Å². The first-order valence-corrected chi connectivity index (χ1v) is 10.8. The smallest absolute Gasteiger partial charge is 0.133 e. The zero-order chi connectivity index (χ0) is 21.1. The lowest BCUT2D eigenvalue weighted by molar-refractivity contribution is 0.414. The van der Waals surface area contributed by atoms with E-state index in [1.54, 1.807) is 24.6 Å². The number of aromatic nitrogens is 4. The number of rotatable bonds is 7. The molecule has 4 rings (SSSR count). The molecule has 0 fully saturated rings. The molecule has 0 aliphatic heterocycles. The van der Waals surface area contributed by atoms with Crippen LogP contribution in [0.25, 0.3) is 21.8 Å². The molecule has 0 saturated heterocycles. The van der Waals surface area contributed by atoms with E-state index in [0.29, 0.717) is 18.3 Å². The fourth-order valence-electron chi connectivity index (χ4n) is 3.33. The summed E-state index contributed by atoms with van der Waals surface area (Å²) in [6.45, 7) is 5.10. The van der Waals surface area contributed by atoms with E-state index in [-0.39, 0.29) is 0 Å². The van der Waals surface area contributed by atoms with E-state index in [1.807, 2.05) is 28.9 Å². The van der Waals surface area contributed by atoms with E-state index >= 15 is 0 Å². The van der Waals surface area contributed by atoms with Gasteiger partial charge in [0.1, 0.15) is 16.6 Å². The van der Waals surface area contributed by atoms with Crippen LogP contribution in [0.4, 0.5) is 5.82 Å². The van der Waals surface area contributed by atoms with Gasteiger partial charge in [0.05, 0.1) is 30.6 Å². The predicted octanol–water partition coefficient (Wildman–Crippen LogP) is 4.91. The molecule has 0 aliphatic rings. The molecule has 0 spiro atoms. The average Bonchev–Trinajstić information content (AvgIpc) is 3.35. The molecule has 0 atom stereocenters. The standard InChI is InChI=1S/C23H25N5OS/c1-15(2)11-20-19(13-28(27-20)12-16-6-8-17(29-3)9-7-16)21-14-30-23(26-21)18-5-4-10-25-22(18)24/h4-10,13-15H,11-12H2,1-3H3,(H2,24,25). The van der Waals surface area contributed by atoms with Crippen molar-refractivity contribution in [3.63, 3.8) is 0 Å². The highest BCUT2D eigenvalue weighted by atomic mass is 32.1. The maximum Gasteiger partial charge on any atom is 0.133 e. The molecule has 154 valence electrons. The summed E-state index contributed by atoms with van der Waals surface area (Å²) in [7, 11) is 1.67. The zero-order valence-corrected chi connectivity index (χ0v) is 18.2. The summed E-state index contributed by atoms with van der Waals surface area (Å²) in [5.74, 6) is 1.85. The third-order valence-electron chi connectivity index (χ3n) is 4.79. The number of nitrogen functional groups attached to an aromatic ring is 1. The minimum Gasteiger partial charge on any atom is -0.497 e. The number of nitrogens with two attached hydrogens (primary N) is 1. The maximum absolute atomic E-state index is 6.04. The Morgan fingerprint density at radius 3 is 2.63 bits per heavy atom. The number of thiazole rings is 1. The lowest BCUT2D eigenvalue weighted by Gasteiger charge is -2.04. The normalized spacial score (nSPS) is 11.2. The molecule has 0 aliphatic carbocycles. The van der Waals surface area contributed by atoms with E-state index in [4.69, 9.17) is 20.6 Å². The van der Waals surface area contributed by atoms with Crippen LogP contribution >= 0.6 is 11.3 Å². The second-order valence-corrected chi connectivity index (χ2v) is 8.47. The summed E-state index contributed by atoms with van der Waals surface area (Å²) in [4.78, 5) is 9.03. The minimum absolute atomic E-state index is 0.496. The quantitative estimate of drug-likeness (QED) is 0.461. The van der Waals surface area contributed by atoms with Crippen LogP contribution < -0.4 is 10.5 Å². The van der Waals surface area contributed by atoms with Gasteiger partial charge < -0.3 is 10.5 Å². The van der Waals surface area contributed by atoms with E-state index < -0.39 is 0 Å². The molecule has 0 unspecified atom stereocenters. The number of hydrogen-bond donors (Lipinski definition) is 1. The van der Waals surface area contributed by atoms with Crippen LogP contribution in [0.15, 0.2) is 54.2 Å². The first-order chi connectivity index (χ1) is 14.5. The molecule has 0 saturated carbocycles. The van der Waals surface area contributed by atoms with Crippen LogP contribution in [-0.4, -0.2) is 26.9 Å². The zero-order valence-electron chi connectivity index (χ0n) is 17.4. The van der Waals surface area contributed by atoms with Gasteiger partial charge in [-0.05, 0) is 42.2 Å². The lowest BCUT2D eigenvalue weighted by atomic mass is 10.0. The van der Waals surface area contributed by atoms with Crippen LogP contribution in [0.1, 0.15) is 25.1 Å². The van der Waals surface area contributed by atoms with Crippen molar-refractivity contribution < 1.29 is 4.74 Å². The Labute approximate surface area is 180 Å². The van der Waals surface area contributed by atoms with Crippen molar-refractivity contribution in [3.8, 4) is 27.6 Å². The molecule has 0 amide bonds. The average molecular weight is 420 g/mol. The van der Waals surface area contributed by atoms with Crippen LogP contribution in [0.3, 0.4) is 0 Å². The summed E-state index contributed by atoms with van der Waals surface area (Å²) in [5.41, 5.74) is 11.1. The van der Waals surface area contributed by atoms with Crippen molar-refractivity contribution in [3.05, 3.63) is 65.4 Å². The highest BCUT2D eigenvalue weighted by molar-refractivity contribution is 7.13. The third-order valence-corrected chi connectivity index (χ3v) is 5.67. The number of nitrogens with zero attached hydrogens (tertiary/aromatic N) is 4. The third kappa shape index (κ3) is 4.36. The van der Waals surface area contributed by atoms with Crippen LogP contribution in [0, 0.1) is 5.92 Å². The van der Waals surface area contributed by atoms with Gasteiger partial charge in [-0.3, -0.25) is 4.68 Å². The van der Waals surface area contributed by atoms with E-state index in [9.17, 15) is 0 Å². The van der Waals surface area contributed by atoms with Gasteiger partial charge in [0.15, 0.2) is 0 Å². The molecule has 2 N–H and O–H groups in total. The highest BCUT2D eigenvalue weighted by Gasteiger charge is 2.17. The van der Waals surface area contributed by atoms with E-state index in [2.05, 4.69) is 42.5 Å².